The average molecular weight is 373 g/mol. The minimum Gasteiger partial charge on any atom is -0.389 e. The number of carbonyl (C=O) groups excluding carboxylic acids is 1. The van der Waals surface area contributed by atoms with Crippen LogP contribution in [0.1, 0.15) is 30.0 Å². The molecule has 120 valence electrons. The molecule has 23 heavy (non-hydrogen) atoms. The Bertz CT molecular complexity index is 707. The molecule has 3 rings (SSSR count). The van der Waals surface area contributed by atoms with Crippen molar-refractivity contribution in [3.8, 4) is 0 Å². The normalized spacial score (nSPS) is 23.9. The Morgan fingerprint density at radius 3 is 2.70 bits per heavy atom. The van der Waals surface area contributed by atoms with Gasteiger partial charge in [0.1, 0.15) is 5.78 Å². The molecule has 0 amide bonds. The van der Waals surface area contributed by atoms with Gasteiger partial charge < -0.3 is 5.11 Å². The maximum atomic E-state index is 12.9. The third-order valence-corrected chi connectivity index (χ3v) is 5.35. The number of carbonyl (C=O) groups is 1. The fraction of sp³-hybridized carbons (Fsp3) is 0.350. The van der Waals surface area contributed by atoms with Gasteiger partial charge in [-0.25, -0.2) is 0 Å². The molecule has 3 heteroatoms. The molecule has 0 heterocycles. The van der Waals surface area contributed by atoms with E-state index in [-0.39, 0.29) is 11.7 Å². The predicted molar refractivity (Wildman–Crippen MR) is 95.4 cm³/mol. The van der Waals surface area contributed by atoms with Crippen molar-refractivity contribution in [1.82, 2.24) is 0 Å². The van der Waals surface area contributed by atoms with Crippen molar-refractivity contribution in [2.24, 2.45) is 5.92 Å². The van der Waals surface area contributed by atoms with Crippen molar-refractivity contribution in [2.45, 2.75) is 38.2 Å². The fourth-order valence-corrected chi connectivity index (χ4v) is 3.82. The SMILES string of the molecule is C[C@@]1(O)CCc2ccc(Br)cc2CC1C(=O)Cc1ccccc1. The summed E-state index contributed by atoms with van der Waals surface area (Å²) < 4.78 is 1.02. The summed E-state index contributed by atoms with van der Waals surface area (Å²) >= 11 is 3.51. The summed E-state index contributed by atoms with van der Waals surface area (Å²) in [6, 6.07) is 16.0. The van der Waals surface area contributed by atoms with Crippen molar-refractivity contribution in [3.63, 3.8) is 0 Å². The van der Waals surface area contributed by atoms with E-state index in [9.17, 15) is 9.90 Å². The minimum absolute atomic E-state index is 0.119. The summed E-state index contributed by atoms with van der Waals surface area (Å²) in [5.41, 5.74) is 2.45. The smallest absolute Gasteiger partial charge is 0.143 e. The molecule has 0 saturated heterocycles. The fourth-order valence-electron chi connectivity index (χ4n) is 3.41. The Morgan fingerprint density at radius 1 is 1.22 bits per heavy atom. The van der Waals surface area contributed by atoms with Crippen molar-refractivity contribution < 1.29 is 9.90 Å². The van der Waals surface area contributed by atoms with Gasteiger partial charge in [0, 0.05) is 10.9 Å². The molecule has 1 unspecified atom stereocenters. The molecule has 2 aromatic rings. The number of aliphatic hydroxyl groups is 1. The van der Waals surface area contributed by atoms with Crippen LogP contribution in [0.3, 0.4) is 0 Å². The molecule has 1 aliphatic carbocycles. The van der Waals surface area contributed by atoms with E-state index in [1.807, 2.05) is 43.3 Å². The standard InChI is InChI=1S/C20H21BrO2/c1-20(23)10-9-15-7-8-17(21)12-16(15)13-18(20)19(22)11-14-5-3-2-4-6-14/h2-8,12,18,23H,9-11,13H2,1H3/t18?,20-/m1/s1. The molecule has 0 bridgehead atoms. The highest BCUT2D eigenvalue weighted by atomic mass is 79.9. The largest absolute Gasteiger partial charge is 0.389 e. The lowest BCUT2D eigenvalue weighted by Gasteiger charge is -2.30. The van der Waals surface area contributed by atoms with Crippen LogP contribution in [0.25, 0.3) is 0 Å². The van der Waals surface area contributed by atoms with Gasteiger partial charge in [-0.2, -0.15) is 0 Å². The molecule has 2 atom stereocenters. The van der Waals surface area contributed by atoms with E-state index in [1.54, 1.807) is 0 Å². The first kappa shape index (κ1) is 16.4. The maximum Gasteiger partial charge on any atom is 0.143 e. The molecule has 2 aromatic carbocycles. The van der Waals surface area contributed by atoms with E-state index in [0.717, 1.165) is 16.5 Å². The summed E-state index contributed by atoms with van der Waals surface area (Å²) in [5.74, 6) is -0.243. The zero-order chi connectivity index (χ0) is 16.4. The second kappa shape index (κ2) is 6.58. The van der Waals surface area contributed by atoms with E-state index in [2.05, 4.69) is 28.1 Å². The number of hydrogen-bond donors (Lipinski definition) is 1. The van der Waals surface area contributed by atoms with Crippen LogP contribution in [0, 0.1) is 5.92 Å². The number of fused-ring (bicyclic) bond motifs is 1. The second-order valence-electron chi connectivity index (χ2n) is 6.66. The van der Waals surface area contributed by atoms with Crippen LogP contribution in [-0.2, 0) is 24.1 Å². The van der Waals surface area contributed by atoms with Crippen molar-refractivity contribution in [1.29, 1.82) is 0 Å². The minimum atomic E-state index is -0.961. The lowest BCUT2D eigenvalue weighted by atomic mass is 9.79. The monoisotopic (exact) mass is 372 g/mol. The second-order valence-corrected chi connectivity index (χ2v) is 7.57. The van der Waals surface area contributed by atoms with Crippen LogP contribution in [0.5, 0.6) is 0 Å². The highest BCUT2D eigenvalue weighted by molar-refractivity contribution is 9.10. The summed E-state index contributed by atoms with van der Waals surface area (Å²) in [4.78, 5) is 12.9. The highest BCUT2D eigenvalue weighted by Gasteiger charge is 2.39. The number of benzene rings is 2. The topological polar surface area (TPSA) is 37.3 Å². The van der Waals surface area contributed by atoms with E-state index < -0.39 is 5.60 Å². The molecule has 0 aliphatic heterocycles. The van der Waals surface area contributed by atoms with Gasteiger partial charge in [-0.3, -0.25) is 4.79 Å². The first-order chi connectivity index (χ1) is 11.0. The van der Waals surface area contributed by atoms with Crippen molar-refractivity contribution >= 4 is 21.7 Å². The molecule has 0 aromatic heterocycles. The van der Waals surface area contributed by atoms with Crippen LogP contribution < -0.4 is 0 Å². The average Bonchev–Trinajstić information content (AvgIpc) is 2.64. The molecule has 1 aliphatic rings. The number of rotatable bonds is 3. The van der Waals surface area contributed by atoms with Crippen molar-refractivity contribution in [3.05, 3.63) is 69.7 Å². The molecular weight excluding hydrogens is 352 g/mol. The molecular formula is C20H21BrO2. The van der Waals surface area contributed by atoms with Gasteiger partial charge in [-0.1, -0.05) is 52.3 Å². The number of hydrogen-bond acceptors (Lipinski definition) is 2. The summed E-state index contributed by atoms with van der Waals surface area (Å²) in [5, 5.41) is 10.9. The Morgan fingerprint density at radius 2 is 1.96 bits per heavy atom. The Hall–Kier alpha value is -1.45. The quantitative estimate of drug-likeness (QED) is 0.822. The molecule has 0 spiro atoms. The first-order valence-corrected chi connectivity index (χ1v) is 8.81. The van der Waals surface area contributed by atoms with E-state index in [0.29, 0.717) is 19.3 Å². The maximum absolute atomic E-state index is 12.9. The van der Waals surface area contributed by atoms with Crippen molar-refractivity contribution in [2.75, 3.05) is 0 Å². The van der Waals surface area contributed by atoms with Crippen LogP contribution >= 0.6 is 15.9 Å². The summed E-state index contributed by atoms with van der Waals surface area (Å²) in [7, 11) is 0. The Labute approximate surface area is 145 Å². The summed E-state index contributed by atoms with van der Waals surface area (Å²) in [6.45, 7) is 1.81. The van der Waals surface area contributed by atoms with E-state index in [1.165, 1.54) is 11.1 Å². The Balaban J connectivity index is 1.87. The van der Waals surface area contributed by atoms with Gasteiger partial charge >= 0.3 is 0 Å². The summed E-state index contributed by atoms with van der Waals surface area (Å²) in [6.07, 6.45) is 2.41. The highest BCUT2D eigenvalue weighted by Crippen LogP contribution is 2.34. The van der Waals surface area contributed by atoms with Gasteiger partial charge in [0.2, 0.25) is 0 Å². The van der Waals surface area contributed by atoms with Gasteiger partial charge in [-0.05, 0) is 55.0 Å². The van der Waals surface area contributed by atoms with Crippen LogP contribution in [0.15, 0.2) is 53.0 Å². The molecule has 0 saturated carbocycles. The van der Waals surface area contributed by atoms with Crippen LogP contribution in [0.4, 0.5) is 0 Å². The molecule has 1 N–H and O–H groups in total. The number of ketones is 1. The zero-order valence-corrected chi connectivity index (χ0v) is 14.8. The number of Topliss-reactive ketones (excluding diaryl/α,β-unsaturated/α-hetero) is 1. The Kier molecular flexibility index (Phi) is 4.69. The number of aryl methyl sites for hydroxylation is 1. The third-order valence-electron chi connectivity index (χ3n) is 4.85. The predicted octanol–water partition coefficient (Wildman–Crippen LogP) is 4.12. The zero-order valence-electron chi connectivity index (χ0n) is 13.3. The van der Waals surface area contributed by atoms with E-state index in [4.69, 9.17) is 0 Å². The lowest BCUT2D eigenvalue weighted by Crippen LogP contribution is -2.41. The van der Waals surface area contributed by atoms with Gasteiger partial charge in [-0.15, -0.1) is 0 Å². The molecule has 2 nitrogen and oxygen atoms in total. The van der Waals surface area contributed by atoms with Crippen LogP contribution in [-0.4, -0.2) is 16.5 Å². The van der Waals surface area contributed by atoms with Gasteiger partial charge in [0.25, 0.3) is 0 Å². The van der Waals surface area contributed by atoms with E-state index >= 15 is 0 Å². The van der Waals surface area contributed by atoms with Gasteiger partial charge in [0.05, 0.1) is 11.5 Å². The molecule has 0 fully saturated rings. The first-order valence-electron chi connectivity index (χ1n) is 8.02. The van der Waals surface area contributed by atoms with Gasteiger partial charge in [0.15, 0.2) is 0 Å². The number of halogens is 1. The molecule has 0 radical (unpaired) electrons. The lowest BCUT2D eigenvalue weighted by molar-refractivity contribution is -0.130. The van der Waals surface area contributed by atoms with Crippen LogP contribution in [0.2, 0.25) is 0 Å². The third kappa shape index (κ3) is 3.73.